The Morgan fingerprint density at radius 2 is 1.95 bits per heavy atom. The molecule has 118 valence electrons. The minimum atomic E-state index is 0.0000858. The third-order valence-electron chi connectivity index (χ3n) is 5.14. The number of aromatic nitrogens is 2. The zero-order valence-corrected chi connectivity index (χ0v) is 13.5. The summed E-state index contributed by atoms with van der Waals surface area (Å²) in [5.74, 6) is 0. The molecule has 0 bridgehead atoms. The van der Waals surface area contributed by atoms with Crippen LogP contribution in [0.5, 0.6) is 0 Å². The van der Waals surface area contributed by atoms with Crippen LogP contribution in [-0.4, -0.2) is 15.7 Å². The molecule has 1 fully saturated rings. The van der Waals surface area contributed by atoms with E-state index in [4.69, 9.17) is 5.73 Å². The Bertz CT molecular complexity index is 720. The fraction of sp³-hybridized carbons (Fsp3) is 0.500. The lowest BCUT2D eigenvalue weighted by Crippen LogP contribution is -2.37. The minimum Gasteiger partial charge on any atom is -0.330 e. The predicted molar refractivity (Wildman–Crippen MR) is 89.6 cm³/mol. The van der Waals surface area contributed by atoms with Gasteiger partial charge in [-0.3, -0.25) is 4.57 Å². The van der Waals surface area contributed by atoms with E-state index in [1.165, 1.54) is 24.8 Å². The zero-order chi connectivity index (χ0) is 15.7. The molecule has 0 saturated heterocycles. The average Bonchev–Trinajstić information content (AvgIpc) is 2.81. The molecule has 1 saturated carbocycles. The van der Waals surface area contributed by atoms with Gasteiger partial charge in [-0.2, -0.15) is 0 Å². The Balaban J connectivity index is 2.08. The molecule has 1 aliphatic rings. The van der Waals surface area contributed by atoms with Crippen LogP contribution >= 0.6 is 0 Å². The number of hydrogen-bond acceptors (Lipinski definition) is 2. The summed E-state index contributed by atoms with van der Waals surface area (Å²) < 4.78 is 3.40. The number of nitrogens with two attached hydrogens (primary N) is 1. The highest BCUT2D eigenvalue weighted by Gasteiger charge is 2.32. The van der Waals surface area contributed by atoms with Crippen molar-refractivity contribution >= 4 is 0 Å². The van der Waals surface area contributed by atoms with Gasteiger partial charge in [0.15, 0.2) is 0 Å². The van der Waals surface area contributed by atoms with Crippen molar-refractivity contribution < 1.29 is 0 Å². The summed E-state index contributed by atoms with van der Waals surface area (Å²) in [6.45, 7) is 2.65. The standard InChI is InChI=1S/C18H25N3O/c1-14-12-20(2)17(22)21(14)16-8-6-7-15(11-16)18(13-19)9-4-3-5-10-18/h6-8,11-12H,3-5,9-10,13,19H2,1-2H3. The number of hydrogen-bond donors (Lipinski definition) is 1. The van der Waals surface area contributed by atoms with Crippen molar-refractivity contribution in [3.05, 3.63) is 52.2 Å². The van der Waals surface area contributed by atoms with E-state index in [2.05, 4.69) is 18.2 Å². The van der Waals surface area contributed by atoms with Crippen LogP contribution in [0.25, 0.3) is 5.69 Å². The molecule has 2 N–H and O–H groups in total. The van der Waals surface area contributed by atoms with Gasteiger partial charge in [-0.1, -0.05) is 31.4 Å². The third-order valence-corrected chi connectivity index (χ3v) is 5.14. The minimum absolute atomic E-state index is 0.0000858. The van der Waals surface area contributed by atoms with Gasteiger partial charge in [0.05, 0.1) is 5.69 Å². The summed E-state index contributed by atoms with van der Waals surface area (Å²) in [6.07, 6.45) is 7.95. The summed E-state index contributed by atoms with van der Waals surface area (Å²) in [7, 11) is 1.79. The Labute approximate surface area is 131 Å². The van der Waals surface area contributed by atoms with Gasteiger partial charge in [0.1, 0.15) is 0 Å². The van der Waals surface area contributed by atoms with Crippen LogP contribution in [0.3, 0.4) is 0 Å². The molecule has 22 heavy (non-hydrogen) atoms. The Kier molecular flexibility index (Phi) is 3.96. The number of aryl methyl sites for hydroxylation is 2. The Morgan fingerprint density at radius 3 is 2.55 bits per heavy atom. The van der Waals surface area contributed by atoms with Crippen molar-refractivity contribution in [1.29, 1.82) is 0 Å². The highest BCUT2D eigenvalue weighted by Crippen LogP contribution is 2.39. The fourth-order valence-corrected chi connectivity index (χ4v) is 3.83. The second-order valence-electron chi connectivity index (χ2n) is 6.59. The van der Waals surface area contributed by atoms with Gasteiger partial charge in [0.25, 0.3) is 0 Å². The molecule has 4 heteroatoms. The first-order valence-electron chi connectivity index (χ1n) is 8.13. The first-order chi connectivity index (χ1) is 10.6. The van der Waals surface area contributed by atoms with Crippen LogP contribution in [0.2, 0.25) is 0 Å². The lowest BCUT2D eigenvalue weighted by Gasteiger charge is -2.37. The smallest absolute Gasteiger partial charge is 0.330 e. The average molecular weight is 299 g/mol. The van der Waals surface area contributed by atoms with E-state index in [9.17, 15) is 4.79 Å². The molecule has 0 aliphatic heterocycles. The first-order valence-corrected chi connectivity index (χ1v) is 8.13. The second kappa shape index (κ2) is 5.76. The number of nitrogens with zero attached hydrogens (tertiary/aromatic N) is 2. The molecule has 1 aromatic carbocycles. The number of benzene rings is 1. The van der Waals surface area contributed by atoms with E-state index in [0.29, 0.717) is 6.54 Å². The van der Waals surface area contributed by atoms with Gasteiger partial charge in [-0.05, 0) is 37.5 Å². The largest absolute Gasteiger partial charge is 0.332 e. The summed E-state index contributed by atoms with van der Waals surface area (Å²) >= 11 is 0. The number of rotatable bonds is 3. The number of imidazole rings is 1. The maximum absolute atomic E-state index is 12.3. The molecule has 0 spiro atoms. The van der Waals surface area contributed by atoms with E-state index >= 15 is 0 Å². The first kappa shape index (κ1) is 15.1. The van der Waals surface area contributed by atoms with E-state index in [0.717, 1.165) is 24.2 Å². The molecular weight excluding hydrogens is 274 g/mol. The summed E-state index contributed by atoms with van der Waals surface area (Å²) in [6, 6.07) is 8.39. The molecule has 1 aliphatic carbocycles. The highest BCUT2D eigenvalue weighted by atomic mass is 16.1. The van der Waals surface area contributed by atoms with E-state index in [-0.39, 0.29) is 11.1 Å². The van der Waals surface area contributed by atoms with E-state index in [1.54, 1.807) is 16.2 Å². The molecule has 2 aromatic rings. The Morgan fingerprint density at radius 1 is 1.23 bits per heavy atom. The lowest BCUT2D eigenvalue weighted by atomic mass is 9.69. The van der Waals surface area contributed by atoms with Gasteiger partial charge in [0.2, 0.25) is 0 Å². The summed E-state index contributed by atoms with van der Waals surface area (Å²) in [4.78, 5) is 12.3. The van der Waals surface area contributed by atoms with Crippen molar-refractivity contribution in [2.75, 3.05) is 6.54 Å². The third kappa shape index (κ3) is 2.41. The fourth-order valence-electron chi connectivity index (χ4n) is 3.83. The summed E-state index contributed by atoms with van der Waals surface area (Å²) in [5, 5.41) is 0. The van der Waals surface area contributed by atoms with Crippen LogP contribution in [-0.2, 0) is 12.5 Å². The zero-order valence-electron chi connectivity index (χ0n) is 13.5. The molecule has 3 rings (SSSR count). The molecular formula is C18H25N3O. The normalized spacial score (nSPS) is 17.6. The van der Waals surface area contributed by atoms with Crippen LogP contribution in [0.1, 0.15) is 43.4 Å². The van der Waals surface area contributed by atoms with Gasteiger partial charge >= 0.3 is 5.69 Å². The Hall–Kier alpha value is -1.81. The maximum Gasteiger partial charge on any atom is 0.332 e. The predicted octanol–water partition coefficient (Wildman–Crippen LogP) is 2.65. The van der Waals surface area contributed by atoms with Crippen LogP contribution in [0.15, 0.2) is 35.3 Å². The molecule has 1 heterocycles. The van der Waals surface area contributed by atoms with Crippen molar-refractivity contribution in [3.63, 3.8) is 0 Å². The monoisotopic (exact) mass is 299 g/mol. The highest BCUT2D eigenvalue weighted by molar-refractivity contribution is 5.41. The lowest BCUT2D eigenvalue weighted by molar-refractivity contribution is 0.301. The molecule has 0 unspecified atom stereocenters. The molecule has 0 amide bonds. The topological polar surface area (TPSA) is 53.0 Å². The SMILES string of the molecule is Cc1cn(C)c(=O)n1-c1cccc(C2(CN)CCCCC2)c1. The van der Waals surface area contributed by atoms with Crippen molar-refractivity contribution in [3.8, 4) is 5.69 Å². The van der Waals surface area contributed by atoms with Crippen LogP contribution < -0.4 is 11.4 Å². The molecule has 4 nitrogen and oxygen atoms in total. The van der Waals surface area contributed by atoms with Gasteiger partial charge in [-0.15, -0.1) is 0 Å². The maximum atomic E-state index is 12.3. The van der Waals surface area contributed by atoms with Crippen molar-refractivity contribution in [2.45, 2.75) is 44.4 Å². The second-order valence-corrected chi connectivity index (χ2v) is 6.59. The van der Waals surface area contributed by atoms with Gasteiger partial charge in [-0.25, -0.2) is 4.79 Å². The van der Waals surface area contributed by atoms with Crippen LogP contribution in [0, 0.1) is 6.92 Å². The van der Waals surface area contributed by atoms with Crippen molar-refractivity contribution in [2.24, 2.45) is 12.8 Å². The molecule has 0 atom stereocenters. The molecule has 0 radical (unpaired) electrons. The van der Waals surface area contributed by atoms with E-state index in [1.807, 2.05) is 19.2 Å². The van der Waals surface area contributed by atoms with Crippen molar-refractivity contribution in [1.82, 2.24) is 9.13 Å². The van der Waals surface area contributed by atoms with Crippen LogP contribution in [0.4, 0.5) is 0 Å². The van der Waals surface area contributed by atoms with Gasteiger partial charge < -0.3 is 10.3 Å². The van der Waals surface area contributed by atoms with Gasteiger partial charge in [0, 0.05) is 30.9 Å². The molecule has 1 aromatic heterocycles. The quantitative estimate of drug-likeness (QED) is 0.947. The van der Waals surface area contributed by atoms with E-state index < -0.39 is 0 Å². The summed E-state index contributed by atoms with van der Waals surface area (Å²) in [5.41, 5.74) is 9.41.